The number of likely N-dealkylation sites (tertiary alicyclic amines) is 1. The van der Waals surface area contributed by atoms with Gasteiger partial charge >= 0.3 is 0 Å². The molecule has 2 aliphatic heterocycles. The molecule has 2 spiro atoms. The van der Waals surface area contributed by atoms with Gasteiger partial charge in [0.05, 0.1) is 37.2 Å². The van der Waals surface area contributed by atoms with Gasteiger partial charge in [0.15, 0.2) is 11.5 Å². The number of nitrogens with zero attached hydrogens (tertiary/aromatic N) is 1. The molecule has 8 rings (SSSR count). The van der Waals surface area contributed by atoms with E-state index < -0.39 is 5.60 Å². The molecule has 1 aromatic rings. The first-order valence-electron chi connectivity index (χ1n) is 13.9. The van der Waals surface area contributed by atoms with Gasteiger partial charge in [0.1, 0.15) is 6.10 Å². The molecule has 0 amide bonds. The zero-order valence-corrected chi connectivity index (χ0v) is 22.1. The van der Waals surface area contributed by atoms with Crippen molar-refractivity contribution in [1.82, 2.24) is 0 Å². The van der Waals surface area contributed by atoms with Crippen LogP contribution in [0.2, 0.25) is 0 Å². The molecule has 2 heterocycles. The van der Waals surface area contributed by atoms with Gasteiger partial charge in [0, 0.05) is 35.2 Å². The van der Waals surface area contributed by atoms with Crippen molar-refractivity contribution in [2.75, 3.05) is 20.1 Å². The Morgan fingerprint density at radius 2 is 1.85 bits per heavy atom. The minimum atomic E-state index is -0.786. The van der Waals surface area contributed by atoms with Gasteiger partial charge in [-0.3, -0.25) is 0 Å². The van der Waals surface area contributed by atoms with E-state index >= 15 is 0 Å². The van der Waals surface area contributed by atoms with Crippen LogP contribution in [0.1, 0.15) is 84.3 Å². The predicted octanol–water partition coefficient (Wildman–Crippen LogP) is 5.18. The van der Waals surface area contributed by atoms with Gasteiger partial charge in [0.25, 0.3) is 0 Å². The molecule has 8 atom stereocenters. The highest BCUT2D eigenvalue weighted by atomic mass is 16.5. The third-order valence-electron chi connectivity index (χ3n) is 12.7. The van der Waals surface area contributed by atoms with Gasteiger partial charge < -0.3 is 19.4 Å². The molecular weight excluding hydrogens is 422 g/mol. The van der Waals surface area contributed by atoms with Crippen LogP contribution >= 0.6 is 0 Å². The second-order valence-electron chi connectivity index (χ2n) is 15.0. The van der Waals surface area contributed by atoms with Crippen LogP contribution in [0.3, 0.4) is 0 Å². The molecule has 7 aliphatic rings. The predicted molar refractivity (Wildman–Crippen MR) is 133 cm³/mol. The molecule has 5 fully saturated rings. The maximum Gasteiger partial charge on any atom is 0.165 e. The van der Waals surface area contributed by atoms with Crippen LogP contribution in [-0.4, -0.2) is 52.6 Å². The lowest BCUT2D eigenvalue weighted by atomic mass is 9.31. The van der Waals surface area contributed by atoms with E-state index in [-0.39, 0.29) is 33.7 Å². The van der Waals surface area contributed by atoms with E-state index in [9.17, 15) is 10.2 Å². The zero-order valence-electron chi connectivity index (χ0n) is 22.1. The molecule has 4 bridgehead atoms. The Labute approximate surface area is 205 Å². The number of fused-ring (bicyclic) bond motifs is 2. The Kier molecular flexibility index (Phi) is 3.87. The molecule has 5 aliphatic carbocycles. The molecule has 1 aromatic carbocycles. The molecule has 34 heavy (non-hydrogen) atoms. The minimum absolute atomic E-state index is 0.0158. The number of piperidine rings is 1. The summed E-state index contributed by atoms with van der Waals surface area (Å²) in [4.78, 5) is 0. The lowest BCUT2D eigenvalue weighted by molar-refractivity contribution is -0.952. The monoisotopic (exact) mass is 466 g/mol. The maximum absolute atomic E-state index is 12.2. The van der Waals surface area contributed by atoms with E-state index in [2.05, 4.69) is 47.7 Å². The molecule has 2 N–H and O–H groups in total. The van der Waals surface area contributed by atoms with E-state index in [0.717, 1.165) is 37.4 Å². The van der Waals surface area contributed by atoms with Gasteiger partial charge in [0.2, 0.25) is 0 Å². The summed E-state index contributed by atoms with van der Waals surface area (Å²) in [7, 11) is 2.56. The van der Waals surface area contributed by atoms with Crippen molar-refractivity contribution >= 4 is 0 Å². The van der Waals surface area contributed by atoms with Gasteiger partial charge in [-0.05, 0) is 62.0 Å². The van der Waals surface area contributed by atoms with Crippen molar-refractivity contribution in [3.05, 3.63) is 23.3 Å². The second-order valence-corrected chi connectivity index (χ2v) is 15.0. The van der Waals surface area contributed by atoms with Gasteiger partial charge in [-0.25, -0.2) is 0 Å². The average molecular weight is 467 g/mol. The SMILES string of the molecule is CC(C)(C)C(C)(O)[C@H]1C[C@@]23CC[C@@]1(C)[C@@H]1Oc4c(O)ccc5c4[C@@]12CC[N@+](C)(CC1CC1)C3C5. The van der Waals surface area contributed by atoms with Gasteiger partial charge in [-0.2, -0.15) is 0 Å². The second kappa shape index (κ2) is 5.99. The fourth-order valence-corrected chi connectivity index (χ4v) is 10.4. The lowest BCUT2D eigenvalue weighted by Gasteiger charge is -2.76. The fraction of sp³-hybridized carbons (Fsp3) is 0.800. The summed E-state index contributed by atoms with van der Waals surface area (Å²) < 4.78 is 8.16. The molecule has 0 radical (unpaired) electrons. The molecule has 0 aromatic heterocycles. The zero-order chi connectivity index (χ0) is 24.1. The summed E-state index contributed by atoms with van der Waals surface area (Å²) in [6.45, 7) is 13.7. The summed E-state index contributed by atoms with van der Waals surface area (Å²) in [5.41, 5.74) is 1.80. The number of benzene rings is 1. The third kappa shape index (κ3) is 2.22. The first-order valence-corrected chi connectivity index (χ1v) is 13.9. The van der Waals surface area contributed by atoms with Crippen molar-refractivity contribution in [1.29, 1.82) is 0 Å². The highest BCUT2D eigenvalue weighted by molar-refractivity contribution is 5.62. The number of hydrogen-bond acceptors (Lipinski definition) is 3. The van der Waals surface area contributed by atoms with Crippen molar-refractivity contribution in [3.8, 4) is 11.5 Å². The number of likely N-dealkylation sites (N-methyl/N-ethyl adjacent to an activating group) is 1. The quantitative estimate of drug-likeness (QED) is 0.604. The van der Waals surface area contributed by atoms with E-state index in [1.807, 2.05) is 6.07 Å². The van der Waals surface area contributed by atoms with Crippen LogP contribution in [0.15, 0.2) is 12.1 Å². The van der Waals surface area contributed by atoms with E-state index in [1.54, 1.807) is 0 Å². The number of aromatic hydroxyl groups is 1. The lowest BCUT2D eigenvalue weighted by Crippen LogP contribution is -2.82. The van der Waals surface area contributed by atoms with Crippen LogP contribution in [0.4, 0.5) is 0 Å². The van der Waals surface area contributed by atoms with Crippen molar-refractivity contribution in [3.63, 3.8) is 0 Å². The van der Waals surface area contributed by atoms with Crippen molar-refractivity contribution < 1.29 is 19.4 Å². The largest absolute Gasteiger partial charge is 0.504 e. The average Bonchev–Trinajstić information content (AvgIpc) is 3.47. The molecule has 4 nitrogen and oxygen atoms in total. The fourth-order valence-electron chi connectivity index (χ4n) is 10.4. The Morgan fingerprint density at radius 3 is 2.53 bits per heavy atom. The smallest absolute Gasteiger partial charge is 0.165 e. The number of phenolic OH excluding ortho intramolecular Hbond substituents is 1. The number of quaternary nitrogens is 1. The summed E-state index contributed by atoms with van der Waals surface area (Å²) in [5, 5.41) is 23.2. The van der Waals surface area contributed by atoms with E-state index in [0.29, 0.717) is 11.8 Å². The Morgan fingerprint density at radius 1 is 1.12 bits per heavy atom. The summed E-state index contributed by atoms with van der Waals surface area (Å²) in [5.74, 6) is 2.18. The maximum atomic E-state index is 12.2. The summed E-state index contributed by atoms with van der Waals surface area (Å²) in [6.07, 6.45) is 8.52. The van der Waals surface area contributed by atoms with Crippen molar-refractivity contribution in [2.45, 2.75) is 103 Å². The summed E-state index contributed by atoms with van der Waals surface area (Å²) >= 11 is 0. The number of phenols is 1. The van der Waals surface area contributed by atoms with Crippen LogP contribution in [0.25, 0.3) is 0 Å². The minimum Gasteiger partial charge on any atom is -0.504 e. The first-order chi connectivity index (χ1) is 15.8. The number of hydrogen-bond donors (Lipinski definition) is 2. The van der Waals surface area contributed by atoms with Crippen molar-refractivity contribution in [2.24, 2.45) is 28.1 Å². The Balaban J connectivity index is 1.48. The van der Waals surface area contributed by atoms with Crippen LogP contribution < -0.4 is 4.74 Å². The van der Waals surface area contributed by atoms with Gasteiger partial charge in [-0.15, -0.1) is 0 Å². The van der Waals surface area contributed by atoms with E-state index in [1.165, 1.54) is 48.0 Å². The summed E-state index contributed by atoms with van der Waals surface area (Å²) in [6, 6.07) is 4.66. The highest BCUT2D eigenvalue weighted by Gasteiger charge is 2.83. The Bertz CT molecular complexity index is 1090. The number of ether oxygens (including phenoxy) is 1. The third-order valence-corrected chi connectivity index (χ3v) is 12.7. The molecule has 1 saturated heterocycles. The van der Waals surface area contributed by atoms with Crippen LogP contribution in [-0.2, 0) is 11.8 Å². The molecule has 4 saturated carbocycles. The Hall–Kier alpha value is -1.26. The van der Waals surface area contributed by atoms with E-state index in [4.69, 9.17) is 4.74 Å². The topological polar surface area (TPSA) is 49.7 Å². The number of rotatable bonds is 3. The molecule has 2 unspecified atom stereocenters. The normalized spacial score (nSPS) is 47.7. The first kappa shape index (κ1) is 22.0. The highest BCUT2D eigenvalue weighted by Crippen LogP contribution is 2.80. The molecular formula is C30H44NO3+. The van der Waals surface area contributed by atoms with Crippen LogP contribution in [0, 0.1) is 28.1 Å². The molecule has 4 heteroatoms. The van der Waals surface area contributed by atoms with Gasteiger partial charge in [-0.1, -0.05) is 33.8 Å². The van der Waals surface area contributed by atoms with Crippen LogP contribution in [0.5, 0.6) is 11.5 Å². The molecule has 186 valence electrons. The standard InChI is InChI=1S/C30H43NO3/c1-26(2,3)28(5,33)21-16-29-12-11-27(21,4)25-30(29)13-14-31(6,17-18-7-8-18)22(29)15-19-9-10-20(32)24(34-25)23(19)30/h9-10,18,21-22,25,33H,7-8,11-17H2,1-6H3/p+1/t21-,22?,25-,27+,28?,29+,30-,31+/m0/s1. The number of aliphatic hydroxyl groups is 1.